The molecule has 1 aromatic carbocycles. The van der Waals surface area contributed by atoms with Crippen molar-refractivity contribution in [1.29, 1.82) is 0 Å². The first-order valence-electron chi connectivity index (χ1n) is 9.21. The topological polar surface area (TPSA) is 104 Å². The Kier molecular flexibility index (Phi) is 6.31. The number of aromatic carboxylic acids is 1. The molecule has 1 N–H and O–H groups in total. The van der Waals surface area contributed by atoms with Crippen LogP contribution in [0.15, 0.2) is 42.7 Å². The summed E-state index contributed by atoms with van der Waals surface area (Å²) < 4.78 is 0. The average Bonchev–Trinajstić information content (AvgIpc) is 2.74. The number of piperazine rings is 1. The summed E-state index contributed by atoms with van der Waals surface area (Å²) in [6.07, 6.45) is 4.41. The maximum Gasteiger partial charge on any atom is 0.356 e. The summed E-state index contributed by atoms with van der Waals surface area (Å²) in [5.41, 5.74) is 1.12. The molecule has 0 radical (unpaired) electrons. The van der Waals surface area contributed by atoms with Crippen molar-refractivity contribution < 1.29 is 19.5 Å². The van der Waals surface area contributed by atoms with Gasteiger partial charge >= 0.3 is 5.97 Å². The summed E-state index contributed by atoms with van der Waals surface area (Å²) in [7, 11) is 0. The molecule has 1 aromatic heterocycles. The first-order chi connectivity index (χ1) is 13.5. The van der Waals surface area contributed by atoms with Gasteiger partial charge in [-0.15, -0.1) is 0 Å². The van der Waals surface area contributed by atoms with E-state index in [1.165, 1.54) is 11.8 Å². The molecule has 1 saturated heterocycles. The summed E-state index contributed by atoms with van der Waals surface area (Å²) >= 11 is 0. The molecule has 0 atom stereocenters. The Morgan fingerprint density at radius 1 is 0.893 bits per heavy atom. The number of aryl methyl sites for hydroxylation is 1. The lowest BCUT2D eigenvalue weighted by Crippen LogP contribution is -2.50. The Balaban J connectivity index is 1.45. The van der Waals surface area contributed by atoms with Gasteiger partial charge in [-0.05, 0) is 18.4 Å². The molecular formula is C20H22N4O4. The zero-order valence-corrected chi connectivity index (χ0v) is 15.5. The molecule has 0 spiro atoms. The predicted octanol–water partition coefficient (Wildman–Crippen LogP) is 1.48. The Labute approximate surface area is 162 Å². The van der Waals surface area contributed by atoms with Crippen LogP contribution < -0.4 is 0 Å². The number of amides is 2. The first-order valence-corrected chi connectivity index (χ1v) is 9.21. The Hall–Kier alpha value is -3.29. The Morgan fingerprint density at radius 3 is 2.11 bits per heavy atom. The van der Waals surface area contributed by atoms with Gasteiger partial charge in [0.05, 0.1) is 12.4 Å². The molecule has 1 aliphatic rings. The molecule has 3 rings (SSSR count). The van der Waals surface area contributed by atoms with Gasteiger partial charge in [0.15, 0.2) is 5.69 Å². The summed E-state index contributed by atoms with van der Waals surface area (Å²) in [6, 6.07) is 10.1. The van der Waals surface area contributed by atoms with Gasteiger partial charge in [-0.3, -0.25) is 9.59 Å². The molecule has 8 nitrogen and oxygen atoms in total. The number of hydrogen-bond acceptors (Lipinski definition) is 5. The highest BCUT2D eigenvalue weighted by atomic mass is 16.4. The SMILES string of the molecule is O=C(O)c1cnc(C(=O)N2CCN(C(=O)CCCc3ccccc3)CC2)cn1. The highest BCUT2D eigenvalue weighted by Crippen LogP contribution is 2.11. The number of carbonyl (C=O) groups excluding carboxylic acids is 2. The van der Waals surface area contributed by atoms with Crippen LogP contribution in [0.5, 0.6) is 0 Å². The summed E-state index contributed by atoms with van der Waals surface area (Å²) in [5.74, 6) is -1.39. The molecule has 1 aliphatic heterocycles. The minimum atomic E-state index is -1.19. The molecule has 28 heavy (non-hydrogen) atoms. The third kappa shape index (κ3) is 4.91. The van der Waals surface area contributed by atoms with Gasteiger partial charge in [0.25, 0.3) is 5.91 Å². The molecule has 0 unspecified atom stereocenters. The van der Waals surface area contributed by atoms with Crippen molar-refractivity contribution in [1.82, 2.24) is 19.8 Å². The second kappa shape index (κ2) is 9.07. The van der Waals surface area contributed by atoms with Crippen LogP contribution in [0.25, 0.3) is 0 Å². The predicted molar refractivity (Wildman–Crippen MR) is 101 cm³/mol. The fraction of sp³-hybridized carbons (Fsp3) is 0.350. The minimum absolute atomic E-state index is 0.104. The molecule has 2 heterocycles. The van der Waals surface area contributed by atoms with Crippen molar-refractivity contribution in [3.8, 4) is 0 Å². The fourth-order valence-corrected chi connectivity index (χ4v) is 3.12. The van der Waals surface area contributed by atoms with E-state index in [0.717, 1.165) is 19.0 Å². The lowest BCUT2D eigenvalue weighted by molar-refractivity contribution is -0.132. The quantitative estimate of drug-likeness (QED) is 0.812. The van der Waals surface area contributed by atoms with Crippen molar-refractivity contribution in [2.24, 2.45) is 0 Å². The molecule has 2 aromatic rings. The van der Waals surface area contributed by atoms with Gasteiger partial charge in [0.1, 0.15) is 5.69 Å². The molecule has 8 heteroatoms. The second-order valence-corrected chi connectivity index (χ2v) is 6.60. The lowest BCUT2D eigenvalue weighted by Gasteiger charge is -2.34. The minimum Gasteiger partial charge on any atom is -0.476 e. The van der Waals surface area contributed by atoms with E-state index in [1.54, 1.807) is 9.80 Å². The highest BCUT2D eigenvalue weighted by molar-refractivity contribution is 5.93. The van der Waals surface area contributed by atoms with E-state index in [4.69, 9.17) is 5.11 Å². The second-order valence-electron chi connectivity index (χ2n) is 6.60. The van der Waals surface area contributed by atoms with Crippen molar-refractivity contribution in [2.75, 3.05) is 26.2 Å². The van der Waals surface area contributed by atoms with Gasteiger partial charge in [-0.1, -0.05) is 30.3 Å². The van der Waals surface area contributed by atoms with Crippen molar-refractivity contribution in [3.63, 3.8) is 0 Å². The van der Waals surface area contributed by atoms with Crippen molar-refractivity contribution >= 4 is 17.8 Å². The van der Waals surface area contributed by atoms with Crippen LogP contribution in [0.1, 0.15) is 39.4 Å². The summed E-state index contributed by atoms with van der Waals surface area (Å²) in [6.45, 7) is 1.81. The van der Waals surface area contributed by atoms with Crippen LogP contribution in [-0.4, -0.2) is 68.8 Å². The van der Waals surface area contributed by atoms with E-state index in [9.17, 15) is 14.4 Å². The molecule has 0 bridgehead atoms. The largest absolute Gasteiger partial charge is 0.476 e. The fourth-order valence-electron chi connectivity index (χ4n) is 3.12. The maximum atomic E-state index is 12.5. The number of benzene rings is 1. The number of carbonyl (C=O) groups is 3. The van der Waals surface area contributed by atoms with E-state index in [-0.39, 0.29) is 23.2 Å². The van der Waals surface area contributed by atoms with E-state index in [0.29, 0.717) is 32.6 Å². The standard InChI is InChI=1S/C20H22N4O4/c25-18(8-4-7-15-5-2-1-3-6-15)23-9-11-24(12-10-23)19(26)16-13-22-17(14-21-16)20(27)28/h1-3,5-6,13-14H,4,7-12H2,(H,27,28). The van der Waals surface area contributed by atoms with Crippen LogP contribution >= 0.6 is 0 Å². The van der Waals surface area contributed by atoms with Crippen LogP contribution in [0.2, 0.25) is 0 Å². The Morgan fingerprint density at radius 2 is 1.50 bits per heavy atom. The maximum absolute atomic E-state index is 12.5. The molecule has 0 saturated carbocycles. The molecule has 146 valence electrons. The first kappa shape index (κ1) is 19.5. The number of aromatic nitrogens is 2. The van der Waals surface area contributed by atoms with Crippen LogP contribution in [0.4, 0.5) is 0 Å². The zero-order valence-electron chi connectivity index (χ0n) is 15.5. The summed E-state index contributed by atoms with van der Waals surface area (Å²) in [4.78, 5) is 46.6. The average molecular weight is 382 g/mol. The Bertz CT molecular complexity index is 831. The van der Waals surface area contributed by atoms with Gasteiger partial charge in [0.2, 0.25) is 5.91 Å². The van der Waals surface area contributed by atoms with Gasteiger partial charge < -0.3 is 14.9 Å². The number of nitrogens with zero attached hydrogens (tertiary/aromatic N) is 4. The third-order valence-electron chi connectivity index (χ3n) is 4.71. The lowest BCUT2D eigenvalue weighted by atomic mass is 10.1. The molecule has 0 aliphatic carbocycles. The number of carboxylic acid groups (broad SMARTS) is 1. The van der Waals surface area contributed by atoms with Crippen molar-refractivity contribution in [2.45, 2.75) is 19.3 Å². The van der Waals surface area contributed by atoms with Gasteiger partial charge in [-0.2, -0.15) is 0 Å². The monoisotopic (exact) mass is 382 g/mol. The van der Waals surface area contributed by atoms with E-state index in [1.807, 2.05) is 18.2 Å². The van der Waals surface area contributed by atoms with Crippen molar-refractivity contribution in [3.05, 3.63) is 59.7 Å². The third-order valence-corrected chi connectivity index (χ3v) is 4.71. The van der Waals surface area contributed by atoms with Crippen LogP contribution in [-0.2, 0) is 11.2 Å². The highest BCUT2D eigenvalue weighted by Gasteiger charge is 2.25. The van der Waals surface area contributed by atoms with Crippen LogP contribution in [0, 0.1) is 0 Å². The van der Waals surface area contributed by atoms with E-state index >= 15 is 0 Å². The number of rotatable bonds is 6. The van der Waals surface area contributed by atoms with Crippen LogP contribution in [0.3, 0.4) is 0 Å². The smallest absolute Gasteiger partial charge is 0.356 e. The van der Waals surface area contributed by atoms with Gasteiger partial charge in [0, 0.05) is 32.6 Å². The molecule has 1 fully saturated rings. The number of hydrogen-bond donors (Lipinski definition) is 1. The summed E-state index contributed by atoms with van der Waals surface area (Å²) in [5, 5.41) is 8.84. The van der Waals surface area contributed by atoms with E-state index < -0.39 is 5.97 Å². The zero-order chi connectivity index (χ0) is 19.9. The normalized spacial score (nSPS) is 14.0. The molecular weight excluding hydrogens is 360 g/mol. The van der Waals surface area contributed by atoms with Gasteiger partial charge in [-0.25, -0.2) is 14.8 Å². The molecule has 2 amide bonds. The van der Waals surface area contributed by atoms with E-state index in [2.05, 4.69) is 22.1 Å². The number of carboxylic acids is 1.